The Bertz CT molecular complexity index is 981. The second-order valence-corrected chi connectivity index (χ2v) is 8.97. The van der Waals surface area contributed by atoms with Crippen molar-refractivity contribution in [3.63, 3.8) is 0 Å². The molecule has 1 atom stereocenters. The predicted molar refractivity (Wildman–Crippen MR) is 99.3 cm³/mol. The van der Waals surface area contributed by atoms with Crippen LogP contribution in [0.4, 0.5) is 5.69 Å². The smallest absolute Gasteiger partial charge is 0.232 e. The highest BCUT2D eigenvalue weighted by atomic mass is 35.5. The van der Waals surface area contributed by atoms with Crippen LogP contribution < -0.4 is 4.31 Å². The molecule has 8 heteroatoms. The van der Waals surface area contributed by atoms with Crippen molar-refractivity contribution in [1.29, 1.82) is 0 Å². The third kappa shape index (κ3) is 2.75. The first-order valence-corrected chi connectivity index (χ1v) is 10.5. The van der Waals surface area contributed by atoms with E-state index in [1.165, 1.54) is 29.7 Å². The molecule has 6 nitrogen and oxygen atoms in total. The summed E-state index contributed by atoms with van der Waals surface area (Å²) in [6.07, 6.45) is 12.4. The molecule has 2 aromatic rings. The fourth-order valence-electron chi connectivity index (χ4n) is 3.78. The second kappa shape index (κ2) is 5.85. The standard InChI is InChI=1S/C17H19ClN4O2S/c1-21(25(2,23)24)14-9-19-17(18)20-15(14)13-10-22-8-4-6-11-5-3-7-12(13)16(11)22/h3,7,9-11H,4-6,8H2,1-2H3. The maximum Gasteiger partial charge on any atom is 0.232 e. The van der Waals surface area contributed by atoms with Crippen LogP contribution >= 0.6 is 11.6 Å². The molecule has 1 unspecified atom stereocenters. The zero-order chi connectivity index (χ0) is 17.8. The van der Waals surface area contributed by atoms with E-state index < -0.39 is 10.0 Å². The van der Waals surface area contributed by atoms with E-state index >= 15 is 0 Å². The first-order valence-electron chi connectivity index (χ1n) is 8.22. The Kier molecular flexibility index (Phi) is 3.88. The van der Waals surface area contributed by atoms with Gasteiger partial charge in [-0.3, -0.25) is 4.31 Å². The Morgan fingerprint density at radius 3 is 2.96 bits per heavy atom. The van der Waals surface area contributed by atoms with Gasteiger partial charge in [-0.1, -0.05) is 12.2 Å². The van der Waals surface area contributed by atoms with Gasteiger partial charge in [0.15, 0.2) is 0 Å². The topological polar surface area (TPSA) is 68.1 Å². The van der Waals surface area contributed by atoms with Gasteiger partial charge >= 0.3 is 0 Å². The fraction of sp³-hybridized carbons (Fsp3) is 0.412. The summed E-state index contributed by atoms with van der Waals surface area (Å²) in [6, 6.07) is 0. The zero-order valence-electron chi connectivity index (χ0n) is 14.1. The Morgan fingerprint density at radius 1 is 1.40 bits per heavy atom. The summed E-state index contributed by atoms with van der Waals surface area (Å²) in [4.78, 5) is 8.37. The van der Waals surface area contributed by atoms with E-state index in [-0.39, 0.29) is 5.28 Å². The molecule has 4 rings (SSSR count). The Hall–Kier alpha value is -1.86. The summed E-state index contributed by atoms with van der Waals surface area (Å²) in [6.45, 7) is 0.975. The van der Waals surface area contributed by atoms with E-state index in [4.69, 9.17) is 11.6 Å². The Morgan fingerprint density at radius 2 is 2.20 bits per heavy atom. The lowest BCUT2D eigenvalue weighted by Gasteiger charge is -2.27. The third-order valence-corrected chi connectivity index (χ3v) is 6.41. The highest BCUT2D eigenvalue weighted by Crippen LogP contribution is 2.44. The van der Waals surface area contributed by atoms with E-state index in [1.54, 1.807) is 0 Å². The van der Waals surface area contributed by atoms with Gasteiger partial charge in [-0.05, 0) is 30.9 Å². The normalized spacial score (nSPS) is 18.9. The van der Waals surface area contributed by atoms with E-state index in [9.17, 15) is 8.42 Å². The minimum atomic E-state index is -3.43. The average molecular weight is 379 g/mol. The molecular weight excluding hydrogens is 360 g/mol. The van der Waals surface area contributed by atoms with Crippen molar-refractivity contribution < 1.29 is 8.42 Å². The number of allylic oxidation sites excluding steroid dienone is 1. The van der Waals surface area contributed by atoms with Crippen LogP contribution in [0.3, 0.4) is 0 Å². The fourth-order valence-corrected chi connectivity index (χ4v) is 4.40. The molecule has 0 radical (unpaired) electrons. The molecule has 0 bridgehead atoms. The molecule has 0 N–H and O–H groups in total. The number of anilines is 1. The van der Waals surface area contributed by atoms with Gasteiger partial charge in [0.1, 0.15) is 5.69 Å². The van der Waals surface area contributed by atoms with Gasteiger partial charge in [0.25, 0.3) is 0 Å². The minimum absolute atomic E-state index is 0.105. The molecule has 0 aromatic carbocycles. The van der Waals surface area contributed by atoms with Crippen molar-refractivity contribution in [3.8, 4) is 11.3 Å². The molecule has 1 aliphatic carbocycles. The molecule has 1 aliphatic heterocycles. The SMILES string of the molecule is CN(c1cnc(Cl)nc1-c1cn2c3c1C=CCC3CCC2)S(C)(=O)=O. The van der Waals surface area contributed by atoms with Crippen LogP contribution in [0.1, 0.15) is 36.4 Å². The maximum atomic E-state index is 12.0. The van der Waals surface area contributed by atoms with Gasteiger partial charge in [-0.2, -0.15) is 0 Å². The van der Waals surface area contributed by atoms with Crippen molar-refractivity contribution in [1.82, 2.24) is 14.5 Å². The van der Waals surface area contributed by atoms with Gasteiger partial charge in [0, 0.05) is 42.5 Å². The van der Waals surface area contributed by atoms with Crippen molar-refractivity contribution in [3.05, 3.63) is 35.0 Å². The van der Waals surface area contributed by atoms with E-state index in [0.29, 0.717) is 17.3 Å². The summed E-state index contributed by atoms with van der Waals surface area (Å²) in [5.74, 6) is 0.524. The van der Waals surface area contributed by atoms with Gasteiger partial charge < -0.3 is 4.57 Å². The Labute approximate surface area is 152 Å². The van der Waals surface area contributed by atoms with E-state index in [2.05, 4.69) is 32.9 Å². The van der Waals surface area contributed by atoms with Crippen LogP contribution in [-0.4, -0.2) is 36.3 Å². The largest absolute Gasteiger partial charge is 0.350 e. The summed E-state index contributed by atoms with van der Waals surface area (Å²) in [5, 5.41) is 0.105. The highest BCUT2D eigenvalue weighted by Gasteiger charge is 2.30. The van der Waals surface area contributed by atoms with Crippen LogP contribution in [0.2, 0.25) is 5.28 Å². The minimum Gasteiger partial charge on any atom is -0.350 e. The molecule has 0 saturated carbocycles. The van der Waals surface area contributed by atoms with Crippen molar-refractivity contribution >= 4 is 33.4 Å². The quantitative estimate of drug-likeness (QED) is 0.768. The molecular formula is C17H19ClN4O2S. The van der Waals surface area contributed by atoms with Crippen molar-refractivity contribution in [2.24, 2.45) is 0 Å². The number of nitrogens with zero attached hydrogens (tertiary/aromatic N) is 4. The van der Waals surface area contributed by atoms with Crippen LogP contribution in [0.25, 0.3) is 17.3 Å². The number of halogens is 1. The summed E-state index contributed by atoms with van der Waals surface area (Å²) < 4.78 is 27.5. The number of hydrogen-bond donors (Lipinski definition) is 0. The number of sulfonamides is 1. The third-order valence-electron chi connectivity index (χ3n) is 5.04. The van der Waals surface area contributed by atoms with Crippen molar-refractivity contribution in [2.45, 2.75) is 31.7 Å². The van der Waals surface area contributed by atoms with Gasteiger partial charge in [0.05, 0.1) is 18.1 Å². The molecule has 2 aromatic heterocycles. The van der Waals surface area contributed by atoms with Crippen LogP contribution in [0.5, 0.6) is 0 Å². The monoisotopic (exact) mass is 378 g/mol. The zero-order valence-corrected chi connectivity index (χ0v) is 15.7. The summed E-state index contributed by atoms with van der Waals surface area (Å²) in [5.41, 5.74) is 4.34. The van der Waals surface area contributed by atoms with Gasteiger partial charge in [0.2, 0.25) is 15.3 Å². The maximum absolute atomic E-state index is 12.0. The second-order valence-electron chi connectivity index (χ2n) is 6.62. The lowest BCUT2D eigenvalue weighted by Crippen LogP contribution is -2.26. The Balaban J connectivity index is 1.95. The molecule has 0 saturated heterocycles. The number of rotatable bonds is 3. The number of hydrogen-bond acceptors (Lipinski definition) is 4. The predicted octanol–water partition coefficient (Wildman–Crippen LogP) is 3.29. The first kappa shape index (κ1) is 16.6. The lowest BCUT2D eigenvalue weighted by molar-refractivity contribution is 0.454. The molecule has 0 fully saturated rings. The molecule has 0 amide bonds. The first-order chi connectivity index (χ1) is 11.9. The molecule has 25 heavy (non-hydrogen) atoms. The van der Waals surface area contributed by atoms with Crippen LogP contribution in [0, 0.1) is 0 Å². The van der Waals surface area contributed by atoms with E-state index in [0.717, 1.165) is 36.8 Å². The molecule has 132 valence electrons. The number of aryl methyl sites for hydroxylation is 1. The van der Waals surface area contributed by atoms with Gasteiger partial charge in [-0.15, -0.1) is 0 Å². The molecule has 2 aliphatic rings. The summed E-state index contributed by atoms with van der Waals surface area (Å²) in [7, 11) is -1.93. The van der Waals surface area contributed by atoms with Crippen molar-refractivity contribution in [2.75, 3.05) is 17.6 Å². The lowest BCUT2D eigenvalue weighted by atomic mass is 9.86. The number of aromatic nitrogens is 3. The molecule has 0 spiro atoms. The van der Waals surface area contributed by atoms with Gasteiger partial charge in [-0.25, -0.2) is 18.4 Å². The van der Waals surface area contributed by atoms with Crippen LogP contribution in [-0.2, 0) is 16.6 Å². The average Bonchev–Trinajstić information content (AvgIpc) is 2.94. The van der Waals surface area contributed by atoms with E-state index in [1.807, 2.05) is 0 Å². The molecule has 3 heterocycles. The summed E-state index contributed by atoms with van der Waals surface area (Å²) >= 11 is 6.04. The van der Waals surface area contributed by atoms with Crippen LogP contribution in [0.15, 0.2) is 18.5 Å². The highest BCUT2D eigenvalue weighted by molar-refractivity contribution is 7.92.